The Balaban J connectivity index is 4.43. The van der Waals surface area contributed by atoms with Crippen LogP contribution in [-0.2, 0) is 28.6 Å². The van der Waals surface area contributed by atoms with Gasteiger partial charge in [-0.1, -0.05) is 291 Å². The average molecular weight is 1070 g/mol. The third-order valence-corrected chi connectivity index (χ3v) is 14.1. The minimum Gasteiger partial charge on any atom is -0.462 e. The molecule has 6 heteroatoms. The monoisotopic (exact) mass is 1070 g/mol. The molecule has 0 bridgehead atoms. The molecule has 0 saturated heterocycles. The molecule has 1 unspecified atom stereocenters. The van der Waals surface area contributed by atoms with Crippen LogP contribution in [0, 0.1) is 0 Å². The van der Waals surface area contributed by atoms with Gasteiger partial charge in [0.2, 0.25) is 0 Å². The Morgan fingerprint density at radius 2 is 0.506 bits per heavy atom. The third kappa shape index (κ3) is 63.0. The van der Waals surface area contributed by atoms with E-state index in [-0.39, 0.29) is 31.1 Å². The maximum Gasteiger partial charge on any atom is 0.306 e. The molecule has 77 heavy (non-hydrogen) atoms. The van der Waals surface area contributed by atoms with Crippen molar-refractivity contribution in [2.45, 2.75) is 322 Å². The maximum atomic E-state index is 12.9. The van der Waals surface area contributed by atoms with E-state index in [1.54, 1.807) is 0 Å². The number of rotatable bonds is 59. The summed E-state index contributed by atoms with van der Waals surface area (Å²) in [6.45, 7) is 6.51. The SMILES string of the molecule is CC/C=C\C/C=C\C/C=C\C/C=C\C/C=C\C/C=C\CCCCCCC(=O)OCC(COC(=O)CCCCCCCCCCCCCCCCCCC)OC(=O)CCCCCCCCCCC/C=C\C/C=C\CCCCC. The minimum absolute atomic E-state index is 0.0851. The van der Waals surface area contributed by atoms with E-state index in [0.717, 1.165) is 116 Å². The Morgan fingerprint density at radius 3 is 0.818 bits per heavy atom. The smallest absolute Gasteiger partial charge is 0.306 e. The van der Waals surface area contributed by atoms with Crippen LogP contribution in [-0.4, -0.2) is 37.2 Å². The van der Waals surface area contributed by atoms with Crippen molar-refractivity contribution in [3.63, 3.8) is 0 Å². The van der Waals surface area contributed by atoms with Gasteiger partial charge in [0, 0.05) is 19.3 Å². The van der Waals surface area contributed by atoms with E-state index in [0.29, 0.717) is 19.3 Å². The predicted octanol–water partition coefficient (Wildman–Crippen LogP) is 22.4. The van der Waals surface area contributed by atoms with Crippen LogP contribution in [0.2, 0.25) is 0 Å². The van der Waals surface area contributed by atoms with Crippen molar-refractivity contribution in [2.24, 2.45) is 0 Å². The second kappa shape index (κ2) is 64.9. The highest BCUT2D eigenvalue weighted by molar-refractivity contribution is 5.71. The molecule has 0 aromatic rings. The quantitative estimate of drug-likeness (QED) is 0.0261. The fourth-order valence-electron chi connectivity index (χ4n) is 9.18. The second-order valence-electron chi connectivity index (χ2n) is 21.6. The topological polar surface area (TPSA) is 78.9 Å². The number of hydrogen-bond acceptors (Lipinski definition) is 6. The van der Waals surface area contributed by atoms with Gasteiger partial charge in [-0.25, -0.2) is 0 Å². The number of esters is 3. The first kappa shape index (κ1) is 73.3. The van der Waals surface area contributed by atoms with Gasteiger partial charge >= 0.3 is 17.9 Å². The molecule has 0 fully saturated rings. The van der Waals surface area contributed by atoms with Crippen molar-refractivity contribution < 1.29 is 28.6 Å². The van der Waals surface area contributed by atoms with Crippen molar-refractivity contribution >= 4 is 17.9 Å². The highest BCUT2D eigenvalue weighted by Crippen LogP contribution is 2.17. The van der Waals surface area contributed by atoms with E-state index >= 15 is 0 Å². The van der Waals surface area contributed by atoms with E-state index in [1.165, 1.54) is 161 Å². The summed E-state index contributed by atoms with van der Waals surface area (Å²) >= 11 is 0. The fraction of sp³-hybridized carbons (Fsp3) is 0.732. The molecule has 0 aromatic heterocycles. The maximum absolute atomic E-state index is 12.9. The minimum atomic E-state index is -0.792. The van der Waals surface area contributed by atoms with Gasteiger partial charge < -0.3 is 14.2 Å². The first-order chi connectivity index (χ1) is 38.0. The van der Waals surface area contributed by atoms with Crippen molar-refractivity contribution in [1.29, 1.82) is 0 Å². The highest BCUT2D eigenvalue weighted by Gasteiger charge is 2.19. The highest BCUT2D eigenvalue weighted by atomic mass is 16.6. The van der Waals surface area contributed by atoms with Crippen LogP contribution in [0.3, 0.4) is 0 Å². The zero-order valence-electron chi connectivity index (χ0n) is 50.7. The molecule has 0 aliphatic heterocycles. The van der Waals surface area contributed by atoms with Crippen molar-refractivity contribution in [3.05, 3.63) is 97.2 Å². The van der Waals surface area contributed by atoms with Gasteiger partial charge in [0.05, 0.1) is 0 Å². The summed E-state index contributed by atoms with van der Waals surface area (Å²) in [6.07, 6.45) is 86.9. The molecule has 0 amide bonds. The summed E-state index contributed by atoms with van der Waals surface area (Å²) < 4.78 is 16.9. The van der Waals surface area contributed by atoms with Crippen LogP contribution in [0.4, 0.5) is 0 Å². The molecule has 0 spiro atoms. The van der Waals surface area contributed by atoms with Gasteiger partial charge in [0.25, 0.3) is 0 Å². The molecule has 0 radical (unpaired) electrons. The number of ether oxygens (including phenoxy) is 3. The molecule has 0 rings (SSSR count). The lowest BCUT2D eigenvalue weighted by Gasteiger charge is -2.18. The normalized spacial score (nSPS) is 12.7. The zero-order valence-corrected chi connectivity index (χ0v) is 50.7. The predicted molar refractivity (Wildman–Crippen MR) is 334 cm³/mol. The number of allylic oxidation sites excluding steroid dienone is 16. The lowest BCUT2D eigenvalue weighted by atomic mass is 10.0. The third-order valence-electron chi connectivity index (χ3n) is 14.1. The summed E-state index contributed by atoms with van der Waals surface area (Å²) in [4.78, 5) is 38.4. The lowest BCUT2D eigenvalue weighted by Crippen LogP contribution is -2.30. The molecule has 0 heterocycles. The largest absolute Gasteiger partial charge is 0.462 e. The van der Waals surface area contributed by atoms with Crippen molar-refractivity contribution in [1.82, 2.24) is 0 Å². The van der Waals surface area contributed by atoms with Crippen LogP contribution < -0.4 is 0 Å². The molecule has 0 aliphatic carbocycles. The lowest BCUT2D eigenvalue weighted by molar-refractivity contribution is -0.167. The molecular formula is C71H122O6. The van der Waals surface area contributed by atoms with Crippen LogP contribution in [0.15, 0.2) is 97.2 Å². The van der Waals surface area contributed by atoms with Gasteiger partial charge in [0.15, 0.2) is 6.10 Å². The van der Waals surface area contributed by atoms with Gasteiger partial charge in [-0.15, -0.1) is 0 Å². The van der Waals surface area contributed by atoms with Crippen molar-refractivity contribution in [3.8, 4) is 0 Å². The van der Waals surface area contributed by atoms with E-state index in [9.17, 15) is 14.4 Å². The second-order valence-corrected chi connectivity index (χ2v) is 21.6. The summed E-state index contributed by atoms with van der Waals surface area (Å²) in [6, 6.07) is 0. The van der Waals surface area contributed by atoms with Gasteiger partial charge in [-0.05, 0) is 103 Å². The number of unbranched alkanes of at least 4 members (excludes halogenated alkanes) is 32. The number of carbonyl (C=O) groups is 3. The fourth-order valence-corrected chi connectivity index (χ4v) is 9.18. The van der Waals surface area contributed by atoms with E-state index in [1.807, 2.05) is 0 Å². The Kier molecular flexibility index (Phi) is 61.8. The average Bonchev–Trinajstić information content (AvgIpc) is 3.43. The van der Waals surface area contributed by atoms with Gasteiger partial charge in [-0.3, -0.25) is 14.4 Å². The summed E-state index contributed by atoms with van der Waals surface area (Å²) in [5.41, 5.74) is 0. The molecule has 0 N–H and O–H groups in total. The molecule has 0 saturated carbocycles. The Morgan fingerprint density at radius 1 is 0.273 bits per heavy atom. The zero-order chi connectivity index (χ0) is 55.7. The van der Waals surface area contributed by atoms with Gasteiger partial charge in [-0.2, -0.15) is 0 Å². The van der Waals surface area contributed by atoms with E-state index in [4.69, 9.17) is 14.2 Å². The number of carbonyl (C=O) groups excluding carboxylic acids is 3. The molecule has 0 aliphatic rings. The van der Waals surface area contributed by atoms with Gasteiger partial charge in [0.1, 0.15) is 13.2 Å². The molecule has 6 nitrogen and oxygen atoms in total. The molecule has 442 valence electrons. The van der Waals surface area contributed by atoms with Crippen LogP contribution >= 0.6 is 0 Å². The Hall–Kier alpha value is -3.67. The molecule has 1 atom stereocenters. The first-order valence-electron chi connectivity index (χ1n) is 32.7. The Bertz CT molecular complexity index is 1510. The molecular weight excluding hydrogens is 949 g/mol. The number of hydrogen-bond donors (Lipinski definition) is 0. The van der Waals surface area contributed by atoms with Crippen LogP contribution in [0.1, 0.15) is 316 Å². The van der Waals surface area contributed by atoms with E-state index < -0.39 is 6.10 Å². The first-order valence-corrected chi connectivity index (χ1v) is 32.7. The van der Waals surface area contributed by atoms with Crippen LogP contribution in [0.5, 0.6) is 0 Å². The van der Waals surface area contributed by atoms with Crippen LogP contribution in [0.25, 0.3) is 0 Å². The Labute approximate surface area is 477 Å². The van der Waals surface area contributed by atoms with E-state index in [2.05, 4.69) is 118 Å². The summed E-state index contributed by atoms with van der Waals surface area (Å²) in [5.74, 6) is -0.902. The van der Waals surface area contributed by atoms with Crippen molar-refractivity contribution in [2.75, 3.05) is 13.2 Å². The standard InChI is InChI=1S/C71H122O6/c1-4-7-10-13-16-19-22-25-28-31-33-34-35-36-38-40-43-46-49-52-55-58-61-64-70(73)76-67-68(66-75-69(72)63-60-57-54-51-48-45-42-39-30-27-24-21-18-15-12-9-6-3)77-71(74)65-62-59-56-53-50-47-44-41-37-32-29-26-23-20-17-14-11-8-5-2/h7,10,16-17,19-20,25-26,28-29,33-34,36,38,43,46,68H,4-6,8-9,11-15,18,21-24,27,30-32,35,37,39-42,44-45,47-67H2,1-3H3/b10-7-,19-16-,20-17-,28-25-,29-26-,34-33-,38-36-,46-43-. The summed E-state index contributed by atoms with van der Waals surface area (Å²) in [5, 5.41) is 0. The molecule has 0 aromatic carbocycles. The summed E-state index contributed by atoms with van der Waals surface area (Å²) in [7, 11) is 0.